The largest absolute Gasteiger partial charge is 0.482 e. The highest BCUT2D eigenvalue weighted by molar-refractivity contribution is 7.80. The fourth-order valence-electron chi connectivity index (χ4n) is 1.68. The van der Waals surface area contributed by atoms with Gasteiger partial charge in [-0.25, -0.2) is 4.39 Å². The maximum absolute atomic E-state index is 12.8. The van der Waals surface area contributed by atoms with Crippen molar-refractivity contribution in [3.05, 3.63) is 64.9 Å². The van der Waals surface area contributed by atoms with E-state index in [0.29, 0.717) is 10.8 Å². The molecule has 3 N–H and O–H groups in total. The molecule has 9 heteroatoms. The lowest BCUT2D eigenvalue weighted by Crippen LogP contribution is -2.49. The van der Waals surface area contributed by atoms with Gasteiger partial charge in [-0.15, -0.1) is 0 Å². The number of hydrazine groups is 1. The molecule has 0 aromatic heterocycles. The Hall–Kier alpha value is -2.71. The molecule has 0 spiro atoms. The summed E-state index contributed by atoms with van der Waals surface area (Å²) in [6.07, 6.45) is 0. The van der Waals surface area contributed by atoms with Crippen molar-refractivity contribution in [3.8, 4) is 5.75 Å². The number of carbonyl (C=O) groups excluding carboxylic acids is 2. The Morgan fingerprint density at radius 2 is 1.76 bits per heavy atom. The summed E-state index contributed by atoms with van der Waals surface area (Å²) in [4.78, 5) is 23.5. The van der Waals surface area contributed by atoms with Gasteiger partial charge < -0.3 is 4.74 Å². The van der Waals surface area contributed by atoms with Gasteiger partial charge in [0, 0.05) is 5.56 Å². The highest BCUT2D eigenvalue weighted by atomic mass is 35.5. The van der Waals surface area contributed by atoms with Gasteiger partial charge in [0.15, 0.2) is 11.7 Å². The molecule has 0 saturated carbocycles. The fourth-order valence-corrected chi connectivity index (χ4v) is 2.01. The van der Waals surface area contributed by atoms with E-state index in [1.165, 1.54) is 12.1 Å². The van der Waals surface area contributed by atoms with Gasteiger partial charge in [0.2, 0.25) is 0 Å². The molecule has 0 unspecified atom stereocenters. The van der Waals surface area contributed by atoms with Gasteiger partial charge in [-0.3, -0.25) is 25.8 Å². The minimum absolute atomic E-state index is 0.125. The molecule has 0 heterocycles. The SMILES string of the molecule is O=C(COc1ccccc1Cl)NNC(=S)NC(=O)c1ccc(F)cc1. The molecule has 2 rings (SSSR count). The summed E-state index contributed by atoms with van der Waals surface area (Å²) in [5.74, 6) is -1.16. The van der Waals surface area contributed by atoms with Crippen molar-refractivity contribution >= 4 is 40.7 Å². The van der Waals surface area contributed by atoms with E-state index in [-0.39, 0.29) is 17.3 Å². The average Bonchev–Trinajstić information content (AvgIpc) is 2.59. The quantitative estimate of drug-likeness (QED) is 0.559. The Balaban J connectivity index is 1.74. The zero-order chi connectivity index (χ0) is 18.2. The van der Waals surface area contributed by atoms with Crippen LogP contribution in [-0.4, -0.2) is 23.5 Å². The van der Waals surface area contributed by atoms with Gasteiger partial charge in [0.25, 0.3) is 11.8 Å². The molecule has 25 heavy (non-hydrogen) atoms. The number of carbonyl (C=O) groups is 2. The molecule has 0 bridgehead atoms. The molecule has 0 saturated heterocycles. The number of halogens is 2. The van der Waals surface area contributed by atoms with Gasteiger partial charge >= 0.3 is 0 Å². The highest BCUT2D eigenvalue weighted by Crippen LogP contribution is 2.22. The van der Waals surface area contributed by atoms with Crippen LogP contribution in [0, 0.1) is 5.82 Å². The highest BCUT2D eigenvalue weighted by Gasteiger charge is 2.09. The first-order chi connectivity index (χ1) is 12.0. The van der Waals surface area contributed by atoms with Gasteiger partial charge in [-0.05, 0) is 48.6 Å². The van der Waals surface area contributed by atoms with E-state index in [0.717, 1.165) is 12.1 Å². The molecule has 130 valence electrons. The van der Waals surface area contributed by atoms with E-state index >= 15 is 0 Å². The van der Waals surface area contributed by atoms with Crippen molar-refractivity contribution in [2.75, 3.05) is 6.61 Å². The Bertz CT molecular complexity index is 786. The van der Waals surface area contributed by atoms with E-state index in [1.807, 2.05) is 0 Å². The van der Waals surface area contributed by atoms with Crippen LogP contribution in [0.1, 0.15) is 10.4 Å². The second kappa shape index (κ2) is 8.95. The van der Waals surface area contributed by atoms with Crippen molar-refractivity contribution in [3.63, 3.8) is 0 Å². The van der Waals surface area contributed by atoms with Gasteiger partial charge in [0.1, 0.15) is 11.6 Å². The first-order valence-corrected chi connectivity index (χ1v) is 7.77. The normalized spacial score (nSPS) is 9.84. The van der Waals surface area contributed by atoms with Crippen molar-refractivity contribution in [1.82, 2.24) is 16.2 Å². The third-order valence-corrected chi connectivity index (χ3v) is 3.36. The molecular formula is C16H13ClFN3O3S. The number of thiocarbonyl (C=S) groups is 1. The second-order valence-corrected chi connectivity index (χ2v) is 5.50. The number of para-hydroxylation sites is 1. The Kier molecular flexibility index (Phi) is 6.67. The summed E-state index contributed by atoms with van der Waals surface area (Å²) in [6, 6.07) is 11.6. The molecule has 2 aromatic carbocycles. The van der Waals surface area contributed by atoms with Crippen LogP contribution in [0.15, 0.2) is 48.5 Å². The summed E-state index contributed by atoms with van der Waals surface area (Å²) in [5.41, 5.74) is 4.84. The zero-order valence-corrected chi connectivity index (χ0v) is 14.3. The fraction of sp³-hybridized carbons (Fsp3) is 0.0625. The van der Waals surface area contributed by atoms with Crippen LogP contribution in [0.5, 0.6) is 5.75 Å². The number of hydrogen-bond donors (Lipinski definition) is 3. The lowest BCUT2D eigenvalue weighted by Gasteiger charge is -2.11. The second-order valence-electron chi connectivity index (χ2n) is 4.68. The smallest absolute Gasteiger partial charge is 0.276 e. The molecule has 0 fully saturated rings. The topological polar surface area (TPSA) is 79.5 Å². The first kappa shape index (κ1) is 18.6. The van der Waals surface area contributed by atoms with E-state index in [9.17, 15) is 14.0 Å². The standard InChI is InChI=1S/C16H13ClFN3O3S/c17-12-3-1-2-4-13(12)24-9-14(22)20-21-16(25)19-15(23)10-5-7-11(18)8-6-10/h1-8H,9H2,(H,20,22)(H2,19,21,23,25). The number of benzene rings is 2. The van der Waals surface area contributed by atoms with Crippen molar-refractivity contribution in [2.24, 2.45) is 0 Å². The lowest BCUT2D eigenvalue weighted by atomic mass is 10.2. The molecule has 0 aliphatic carbocycles. The molecule has 6 nitrogen and oxygen atoms in total. The third-order valence-electron chi connectivity index (χ3n) is 2.84. The Morgan fingerprint density at radius 1 is 1.08 bits per heavy atom. The summed E-state index contributed by atoms with van der Waals surface area (Å²) < 4.78 is 18.0. The molecule has 0 aliphatic rings. The monoisotopic (exact) mass is 381 g/mol. The van der Waals surface area contributed by atoms with Gasteiger partial charge in [0.05, 0.1) is 5.02 Å². The molecular weight excluding hydrogens is 369 g/mol. The molecule has 0 radical (unpaired) electrons. The van der Waals surface area contributed by atoms with E-state index in [2.05, 4.69) is 16.2 Å². The van der Waals surface area contributed by atoms with Crippen molar-refractivity contribution in [1.29, 1.82) is 0 Å². The zero-order valence-electron chi connectivity index (χ0n) is 12.7. The average molecular weight is 382 g/mol. The van der Waals surface area contributed by atoms with Gasteiger partial charge in [-0.1, -0.05) is 23.7 Å². The van der Waals surface area contributed by atoms with E-state index in [1.54, 1.807) is 24.3 Å². The first-order valence-electron chi connectivity index (χ1n) is 6.99. The number of amides is 2. The van der Waals surface area contributed by atoms with Crippen molar-refractivity contribution in [2.45, 2.75) is 0 Å². The number of ether oxygens (including phenoxy) is 1. The van der Waals surface area contributed by atoms with E-state index < -0.39 is 17.6 Å². The van der Waals surface area contributed by atoms with Crippen LogP contribution >= 0.6 is 23.8 Å². The molecule has 0 aliphatic heterocycles. The molecule has 0 atom stereocenters. The predicted molar refractivity (Wildman–Crippen MR) is 94.7 cm³/mol. The van der Waals surface area contributed by atoms with Crippen molar-refractivity contribution < 1.29 is 18.7 Å². The predicted octanol–water partition coefficient (Wildman–Crippen LogP) is 2.19. The summed E-state index contributed by atoms with van der Waals surface area (Å²) in [5, 5.41) is 2.59. The minimum atomic E-state index is -0.543. The van der Waals surface area contributed by atoms with Crippen LogP contribution in [-0.2, 0) is 4.79 Å². The maximum atomic E-state index is 12.8. The lowest BCUT2D eigenvalue weighted by molar-refractivity contribution is -0.123. The Labute approximate surface area is 153 Å². The Morgan fingerprint density at radius 3 is 2.44 bits per heavy atom. The molecule has 2 amide bonds. The number of rotatable bonds is 4. The summed E-state index contributed by atoms with van der Waals surface area (Å²) >= 11 is 10.8. The summed E-state index contributed by atoms with van der Waals surface area (Å²) in [6.45, 7) is -0.300. The third kappa shape index (κ3) is 6.02. The minimum Gasteiger partial charge on any atom is -0.482 e. The maximum Gasteiger partial charge on any atom is 0.276 e. The molecule has 2 aromatic rings. The number of nitrogens with one attached hydrogen (secondary N) is 3. The van der Waals surface area contributed by atoms with Gasteiger partial charge in [-0.2, -0.15) is 0 Å². The van der Waals surface area contributed by atoms with Crippen LogP contribution in [0.25, 0.3) is 0 Å². The number of hydrogen-bond acceptors (Lipinski definition) is 4. The van der Waals surface area contributed by atoms with Crippen LogP contribution < -0.4 is 20.9 Å². The van der Waals surface area contributed by atoms with Crippen LogP contribution in [0.4, 0.5) is 4.39 Å². The summed E-state index contributed by atoms with van der Waals surface area (Å²) in [7, 11) is 0. The van der Waals surface area contributed by atoms with Crippen LogP contribution in [0.3, 0.4) is 0 Å². The van der Waals surface area contributed by atoms with Crippen LogP contribution in [0.2, 0.25) is 5.02 Å². The van der Waals surface area contributed by atoms with E-state index in [4.69, 9.17) is 28.6 Å².